The first-order chi connectivity index (χ1) is 15.3. The second kappa shape index (κ2) is 9.06. The molecule has 1 aromatic carbocycles. The molecule has 0 bridgehead atoms. The Bertz CT molecular complexity index is 1070. The fourth-order valence-corrected chi connectivity index (χ4v) is 4.03. The fraction of sp³-hybridized carbons (Fsp3) is 0.458. The molecule has 0 radical (unpaired) electrons. The van der Waals surface area contributed by atoms with Gasteiger partial charge in [0.15, 0.2) is 5.65 Å². The molecule has 0 saturated heterocycles. The predicted molar refractivity (Wildman–Crippen MR) is 124 cm³/mol. The van der Waals surface area contributed by atoms with Crippen molar-refractivity contribution in [2.75, 3.05) is 12.4 Å². The number of carbonyl (C=O) groups excluding carboxylic acids is 1. The van der Waals surface area contributed by atoms with Crippen molar-refractivity contribution in [2.45, 2.75) is 64.3 Å². The van der Waals surface area contributed by atoms with Gasteiger partial charge in [0, 0.05) is 18.3 Å². The summed E-state index contributed by atoms with van der Waals surface area (Å²) >= 11 is 0. The number of nitrogens with one attached hydrogen (secondary N) is 2. The Morgan fingerprint density at radius 1 is 1.16 bits per heavy atom. The van der Waals surface area contributed by atoms with Gasteiger partial charge in [-0.05, 0) is 69.9 Å². The van der Waals surface area contributed by atoms with Crippen LogP contribution in [0.4, 0.5) is 10.7 Å². The Morgan fingerprint density at radius 2 is 1.91 bits per heavy atom. The summed E-state index contributed by atoms with van der Waals surface area (Å²) in [5, 5.41) is 6.58. The van der Waals surface area contributed by atoms with Crippen LogP contribution in [0.3, 0.4) is 0 Å². The molecule has 1 aliphatic carbocycles. The van der Waals surface area contributed by atoms with E-state index < -0.39 is 5.60 Å². The van der Waals surface area contributed by atoms with E-state index in [2.05, 4.69) is 20.2 Å². The monoisotopic (exact) mass is 437 g/mol. The summed E-state index contributed by atoms with van der Waals surface area (Å²) < 4.78 is 12.8. The SMILES string of the molecule is COc1ccc(Cn2c(N[C@H]3CC[C@H](NC(=O)OC(C)(C)C)C3)nc3cccnc32)cc1. The Morgan fingerprint density at radius 3 is 2.62 bits per heavy atom. The number of pyridine rings is 1. The molecule has 8 nitrogen and oxygen atoms in total. The number of fused-ring (bicyclic) bond motifs is 1. The number of carbonyl (C=O) groups is 1. The second-order valence-corrected chi connectivity index (χ2v) is 9.21. The van der Waals surface area contributed by atoms with E-state index >= 15 is 0 Å². The molecule has 1 amide bonds. The first-order valence-corrected chi connectivity index (χ1v) is 11.0. The van der Waals surface area contributed by atoms with Gasteiger partial charge < -0.3 is 20.1 Å². The van der Waals surface area contributed by atoms with Crippen LogP contribution >= 0.6 is 0 Å². The lowest BCUT2D eigenvalue weighted by Gasteiger charge is -2.22. The van der Waals surface area contributed by atoms with Crippen molar-refractivity contribution in [1.29, 1.82) is 0 Å². The smallest absolute Gasteiger partial charge is 0.407 e. The van der Waals surface area contributed by atoms with Crippen LogP contribution in [0.15, 0.2) is 42.6 Å². The van der Waals surface area contributed by atoms with Crippen molar-refractivity contribution in [3.63, 3.8) is 0 Å². The van der Waals surface area contributed by atoms with E-state index in [1.807, 2.05) is 57.2 Å². The van der Waals surface area contributed by atoms with Crippen molar-refractivity contribution < 1.29 is 14.3 Å². The van der Waals surface area contributed by atoms with Crippen LogP contribution in [0.1, 0.15) is 45.6 Å². The fourth-order valence-electron chi connectivity index (χ4n) is 4.03. The molecule has 8 heteroatoms. The van der Waals surface area contributed by atoms with Gasteiger partial charge in [0.2, 0.25) is 5.95 Å². The lowest BCUT2D eigenvalue weighted by Crippen LogP contribution is -2.38. The quantitative estimate of drug-likeness (QED) is 0.596. The van der Waals surface area contributed by atoms with Crippen LogP contribution in [-0.2, 0) is 11.3 Å². The minimum Gasteiger partial charge on any atom is -0.497 e. The topological polar surface area (TPSA) is 90.3 Å². The number of ether oxygens (including phenoxy) is 2. The molecule has 0 spiro atoms. The highest BCUT2D eigenvalue weighted by Crippen LogP contribution is 2.26. The lowest BCUT2D eigenvalue weighted by molar-refractivity contribution is 0.0505. The molecule has 4 rings (SSSR count). The van der Waals surface area contributed by atoms with Crippen molar-refractivity contribution >= 4 is 23.2 Å². The van der Waals surface area contributed by atoms with E-state index in [-0.39, 0.29) is 18.2 Å². The van der Waals surface area contributed by atoms with Gasteiger partial charge in [0.05, 0.1) is 13.7 Å². The zero-order valence-electron chi connectivity index (χ0n) is 19.1. The molecular weight excluding hydrogens is 406 g/mol. The number of aromatic nitrogens is 3. The summed E-state index contributed by atoms with van der Waals surface area (Å²) in [5.74, 6) is 1.62. The van der Waals surface area contributed by atoms with E-state index in [4.69, 9.17) is 14.5 Å². The summed E-state index contributed by atoms with van der Waals surface area (Å²) in [6.07, 6.45) is 4.08. The number of hydrogen-bond donors (Lipinski definition) is 2. The van der Waals surface area contributed by atoms with E-state index in [0.717, 1.165) is 47.7 Å². The zero-order valence-corrected chi connectivity index (χ0v) is 19.1. The standard InChI is InChI=1S/C24H31N5O3/c1-24(2,3)32-23(30)27-18-10-9-17(14-18)26-22-28-20-6-5-13-25-21(20)29(22)15-16-7-11-19(31-4)12-8-16/h5-8,11-13,17-18H,9-10,14-15H2,1-4H3,(H,26,28)(H,27,30)/t17-,18-/m0/s1. The maximum Gasteiger partial charge on any atom is 0.407 e. The Hall–Kier alpha value is -3.29. The molecule has 0 unspecified atom stereocenters. The van der Waals surface area contributed by atoms with Crippen molar-refractivity contribution in [2.24, 2.45) is 0 Å². The normalized spacial score (nSPS) is 18.5. The van der Waals surface area contributed by atoms with Crippen LogP contribution in [0.25, 0.3) is 11.2 Å². The molecule has 1 aliphatic rings. The molecule has 1 fully saturated rings. The molecule has 3 aromatic rings. The van der Waals surface area contributed by atoms with Gasteiger partial charge in [-0.3, -0.25) is 4.57 Å². The molecule has 170 valence electrons. The summed E-state index contributed by atoms with van der Waals surface area (Å²) in [6.45, 7) is 6.25. The van der Waals surface area contributed by atoms with E-state index in [9.17, 15) is 4.79 Å². The third-order valence-electron chi connectivity index (χ3n) is 5.49. The van der Waals surface area contributed by atoms with Crippen molar-refractivity contribution in [1.82, 2.24) is 19.9 Å². The Balaban J connectivity index is 1.47. The maximum absolute atomic E-state index is 12.1. The third-order valence-corrected chi connectivity index (χ3v) is 5.49. The minimum atomic E-state index is -0.500. The average Bonchev–Trinajstić information content (AvgIpc) is 3.31. The van der Waals surface area contributed by atoms with Crippen LogP contribution in [0, 0.1) is 0 Å². The van der Waals surface area contributed by atoms with Crippen LogP contribution in [0.2, 0.25) is 0 Å². The number of alkyl carbamates (subject to hydrolysis) is 1. The van der Waals surface area contributed by atoms with E-state index in [1.54, 1.807) is 13.3 Å². The molecule has 32 heavy (non-hydrogen) atoms. The number of amides is 1. The number of anilines is 1. The highest BCUT2D eigenvalue weighted by molar-refractivity contribution is 5.74. The van der Waals surface area contributed by atoms with Crippen LogP contribution in [0.5, 0.6) is 5.75 Å². The zero-order chi connectivity index (χ0) is 22.7. The molecule has 1 saturated carbocycles. The maximum atomic E-state index is 12.1. The number of rotatable bonds is 6. The lowest BCUT2D eigenvalue weighted by atomic mass is 10.2. The number of hydrogen-bond acceptors (Lipinski definition) is 6. The molecular formula is C24H31N5O3. The van der Waals surface area contributed by atoms with Gasteiger partial charge in [-0.15, -0.1) is 0 Å². The van der Waals surface area contributed by atoms with Crippen LogP contribution in [-0.4, -0.2) is 45.4 Å². The molecule has 0 aliphatic heterocycles. The van der Waals surface area contributed by atoms with Gasteiger partial charge in [-0.1, -0.05) is 12.1 Å². The number of methoxy groups -OCH3 is 1. The van der Waals surface area contributed by atoms with Gasteiger partial charge in [-0.25, -0.2) is 14.8 Å². The Kier molecular flexibility index (Phi) is 6.21. The molecule has 2 aromatic heterocycles. The van der Waals surface area contributed by atoms with Crippen LogP contribution < -0.4 is 15.4 Å². The second-order valence-electron chi connectivity index (χ2n) is 9.21. The first-order valence-electron chi connectivity index (χ1n) is 11.0. The number of imidazole rings is 1. The van der Waals surface area contributed by atoms with Gasteiger partial charge in [0.1, 0.15) is 16.9 Å². The van der Waals surface area contributed by atoms with Crippen molar-refractivity contribution in [3.8, 4) is 5.75 Å². The first kappa shape index (κ1) is 21.9. The number of benzene rings is 1. The summed E-state index contributed by atoms with van der Waals surface area (Å²) in [5.41, 5.74) is 2.33. The minimum absolute atomic E-state index is 0.0832. The molecule has 2 heterocycles. The van der Waals surface area contributed by atoms with E-state index in [1.165, 1.54) is 0 Å². The Labute approximate surface area is 188 Å². The number of nitrogens with zero attached hydrogens (tertiary/aromatic N) is 3. The summed E-state index contributed by atoms with van der Waals surface area (Å²) in [6, 6.07) is 12.2. The van der Waals surface area contributed by atoms with Crippen molar-refractivity contribution in [3.05, 3.63) is 48.2 Å². The van der Waals surface area contributed by atoms with Gasteiger partial charge in [0.25, 0.3) is 0 Å². The molecule has 2 N–H and O–H groups in total. The average molecular weight is 438 g/mol. The summed E-state index contributed by atoms with van der Waals surface area (Å²) in [4.78, 5) is 21.5. The largest absolute Gasteiger partial charge is 0.497 e. The highest BCUT2D eigenvalue weighted by Gasteiger charge is 2.29. The summed E-state index contributed by atoms with van der Waals surface area (Å²) in [7, 11) is 1.66. The van der Waals surface area contributed by atoms with Gasteiger partial charge in [-0.2, -0.15) is 0 Å². The van der Waals surface area contributed by atoms with Gasteiger partial charge >= 0.3 is 6.09 Å². The van der Waals surface area contributed by atoms with E-state index in [0.29, 0.717) is 6.54 Å². The predicted octanol–water partition coefficient (Wildman–Crippen LogP) is 4.35. The molecule has 2 atom stereocenters. The third kappa shape index (κ3) is 5.30. The highest BCUT2D eigenvalue weighted by atomic mass is 16.6.